The van der Waals surface area contributed by atoms with Crippen LogP contribution in [0.4, 0.5) is 0 Å². The molecule has 0 radical (unpaired) electrons. The van der Waals surface area contributed by atoms with Crippen LogP contribution in [0.1, 0.15) is 25.1 Å². The highest BCUT2D eigenvalue weighted by atomic mass is 16.4. The van der Waals surface area contributed by atoms with Crippen molar-refractivity contribution in [1.82, 2.24) is 9.88 Å². The van der Waals surface area contributed by atoms with E-state index in [9.17, 15) is 4.79 Å². The Morgan fingerprint density at radius 1 is 1.47 bits per heavy atom. The zero-order chi connectivity index (χ0) is 11.3. The van der Waals surface area contributed by atoms with E-state index in [1.807, 2.05) is 12.3 Å². The summed E-state index contributed by atoms with van der Waals surface area (Å²) in [7, 11) is 0. The summed E-state index contributed by atoms with van der Waals surface area (Å²) in [5, 5.41) is 8.62. The molecule has 4 nitrogen and oxygen atoms in total. The topological polar surface area (TPSA) is 56.3 Å². The summed E-state index contributed by atoms with van der Waals surface area (Å²) in [5.74, 6) is -0.800. The van der Waals surface area contributed by atoms with Gasteiger partial charge in [0.25, 0.3) is 0 Å². The van der Waals surface area contributed by atoms with Crippen LogP contribution in [0.15, 0.2) is 12.3 Å². The third-order valence-electron chi connectivity index (χ3n) is 2.44. The van der Waals surface area contributed by atoms with E-state index >= 15 is 0 Å². The first kappa shape index (κ1) is 11.8. The maximum absolute atomic E-state index is 10.5. The van der Waals surface area contributed by atoms with Crippen molar-refractivity contribution in [2.75, 3.05) is 13.1 Å². The number of rotatable bonds is 6. The Hall–Kier alpha value is -1.29. The molecule has 0 bridgehead atoms. The Kier molecular flexibility index (Phi) is 4.37. The van der Waals surface area contributed by atoms with Crippen molar-refractivity contribution < 1.29 is 9.90 Å². The number of carboxylic acids is 1. The maximum Gasteiger partial charge on any atom is 0.309 e. The monoisotopic (exact) mass is 210 g/mol. The summed E-state index contributed by atoms with van der Waals surface area (Å²) in [6.07, 6.45) is 1.95. The molecule has 0 fully saturated rings. The van der Waals surface area contributed by atoms with Gasteiger partial charge in [-0.25, -0.2) is 0 Å². The Morgan fingerprint density at radius 3 is 2.67 bits per heavy atom. The van der Waals surface area contributed by atoms with Crippen molar-refractivity contribution in [3.8, 4) is 0 Å². The molecular formula is C11H18N2O2. The number of nitrogens with zero attached hydrogens (tertiary/aromatic N) is 1. The molecule has 0 saturated carbocycles. The zero-order valence-electron chi connectivity index (χ0n) is 9.29. The van der Waals surface area contributed by atoms with Crippen LogP contribution in [0.3, 0.4) is 0 Å². The van der Waals surface area contributed by atoms with E-state index in [1.165, 1.54) is 0 Å². The van der Waals surface area contributed by atoms with Crippen LogP contribution in [0.2, 0.25) is 0 Å². The van der Waals surface area contributed by atoms with Crippen LogP contribution in [0.25, 0.3) is 0 Å². The fourth-order valence-electron chi connectivity index (χ4n) is 1.55. The van der Waals surface area contributed by atoms with Crippen LogP contribution in [-0.4, -0.2) is 34.0 Å². The van der Waals surface area contributed by atoms with E-state index in [4.69, 9.17) is 5.11 Å². The van der Waals surface area contributed by atoms with E-state index in [2.05, 4.69) is 23.7 Å². The van der Waals surface area contributed by atoms with Crippen molar-refractivity contribution >= 4 is 5.97 Å². The van der Waals surface area contributed by atoms with Crippen molar-refractivity contribution in [3.05, 3.63) is 23.5 Å². The van der Waals surface area contributed by atoms with Crippen LogP contribution < -0.4 is 0 Å². The van der Waals surface area contributed by atoms with Crippen molar-refractivity contribution in [3.63, 3.8) is 0 Å². The minimum absolute atomic E-state index is 0.0677. The molecule has 0 aliphatic carbocycles. The van der Waals surface area contributed by atoms with Gasteiger partial charge in [-0.3, -0.25) is 9.69 Å². The number of H-pyrrole nitrogens is 1. The van der Waals surface area contributed by atoms with Crippen LogP contribution in [0, 0.1) is 0 Å². The molecule has 1 heterocycles. The summed E-state index contributed by atoms with van der Waals surface area (Å²) >= 11 is 0. The van der Waals surface area contributed by atoms with Crippen molar-refractivity contribution in [2.45, 2.75) is 26.8 Å². The Morgan fingerprint density at radius 2 is 2.13 bits per heavy atom. The molecule has 4 heteroatoms. The summed E-state index contributed by atoms with van der Waals surface area (Å²) < 4.78 is 0. The predicted molar refractivity (Wildman–Crippen MR) is 58.8 cm³/mol. The number of carboxylic acid groups (broad SMARTS) is 1. The largest absolute Gasteiger partial charge is 0.481 e. The number of aromatic nitrogens is 1. The first-order valence-corrected chi connectivity index (χ1v) is 5.26. The van der Waals surface area contributed by atoms with E-state index in [-0.39, 0.29) is 6.42 Å². The van der Waals surface area contributed by atoms with E-state index in [1.54, 1.807) is 0 Å². The van der Waals surface area contributed by atoms with Gasteiger partial charge in [-0.15, -0.1) is 0 Å². The van der Waals surface area contributed by atoms with Crippen LogP contribution in [0.5, 0.6) is 0 Å². The van der Waals surface area contributed by atoms with Gasteiger partial charge in [-0.1, -0.05) is 13.8 Å². The molecule has 0 saturated heterocycles. The highest BCUT2D eigenvalue weighted by molar-refractivity contribution is 5.69. The van der Waals surface area contributed by atoms with Gasteiger partial charge in [-0.2, -0.15) is 0 Å². The Labute approximate surface area is 89.9 Å². The lowest BCUT2D eigenvalue weighted by molar-refractivity contribution is -0.136. The fourth-order valence-corrected chi connectivity index (χ4v) is 1.55. The molecule has 15 heavy (non-hydrogen) atoms. The van der Waals surface area contributed by atoms with Gasteiger partial charge in [0, 0.05) is 18.4 Å². The molecule has 0 amide bonds. The number of aliphatic carboxylic acids is 1. The third kappa shape index (κ3) is 3.75. The average Bonchev–Trinajstić information content (AvgIpc) is 2.61. The molecule has 0 aliphatic rings. The number of nitrogens with one attached hydrogen (secondary N) is 1. The lowest BCUT2D eigenvalue weighted by atomic mass is 10.2. The van der Waals surface area contributed by atoms with Gasteiger partial charge in [0.05, 0.1) is 6.42 Å². The quantitative estimate of drug-likeness (QED) is 0.747. The maximum atomic E-state index is 10.5. The lowest BCUT2D eigenvalue weighted by Crippen LogP contribution is -2.21. The summed E-state index contributed by atoms with van der Waals surface area (Å²) in [5.41, 5.74) is 1.92. The summed E-state index contributed by atoms with van der Waals surface area (Å²) in [6, 6.07) is 1.92. The Bertz CT molecular complexity index is 316. The summed E-state index contributed by atoms with van der Waals surface area (Å²) in [6.45, 7) is 7.14. The molecule has 0 aliphatic heterocycles. The van der Waals surface area contributed by atoms with E-state index in [0.717, 1.165) is 30.9 Å². The van der Waals surface area contributed by atoms with Gasteiger partial charge in [-0.05, 0) is 24.7 Å². The third-order valence-corrected chi connectivity index (χ3v) is 2.44. The van der Waals surface area contributed by atoms with Gasteiger partial charge in [0.1, 0.15) is 0 Å². The van der Waals surface area contributed by atoms with Crippen molar-refractivity contribution in [2.24, 2.45) is 0 Å². The predicted octanol–water partition coefficient (Wildman–Crippen LogP) is 1.48. The lowest BCUT2D eigenvalue weighted by Gasteiger charge is -2.16. The van der Waals surface area contributed by atoms with E-state index in [0.29, 0.717) is 0 Å². The first-order valence-electron chi connectivity index (χ1n) is 5.26. The second-order valence-corrected chi connectivity index (χ2v) is 3.57. The first-order chi connectivity index (χ1) is 7.15. The highest BCUT2D eigenvalue weighted by Gasteiger charge is 2.06. The van der Waals surface area contributed by atoms with Gasteiger partial charge in [0.2, 0.25) is 0 Å². The zero-order valence-corrected chi connectivity index (χ0v) is 9.29. The molecule has 0 unspecified atom stereocenters. The molecular weight excluding hydrogens is 192 g/mol. The molecule has 0 aromatic carbocycles. The number of hydrogen-bond donors (Lipinski definition) is 2. The molecule has 2 N–H and O–H groups in total. The number of carbonyl (C=O) groups is 1. The highest BCUT2D eigenvalue weighted by Crippen LogP contribution is 2.07. The fraction of sp³-hybridized carbons (Fsp3) is 0.545. The molecule has 0 spiro atoms. The standard InChI is InChI=1S/C11H18N2O2/c1-3-13(4-2)8-9-5-10(12-7-9)6-11(14)15/h5,7,12H,3-4,6,8H2,1-2H3,(H,14,15). The second kappa shape index (κ2) is 5.56. The minimum atomic E-state index is -0.800. The number of hydrogen-bond acceptors (Lipinski definition) is 2. The second-order valence-electron chi connectivity index (χ2n) is 3.57. The summed E-state index contributed by atoms with van der Waals surface area (Å²) in [4.78, 5) is 15.8. The SMILES string of the molecule is CCN(CC)Cc1c[nH]c(CC(=O)O)c1. The Balaban J connectivity index is 2.55. The van der Waals surface area contributed by atoms with Gasteiger partial charge < -0.3 is 10.1 Å². The molecule has 1 rings (SSSR count). The number of aromatic amines is 1. The van der Waals surface area contributed by atoms with Crippen molar-refractivity contribution in [1.29, 1.82) is 0 Å². The van der Waals surface area contributed by atoms with Gasteiger partial charge in [0.15, 0.2) is 0 Å². The van der Waals surface area contributed by atoms with E-state index < -0.39 is 5.97 Å². The molecule has 1 aromatic heterocycles. The molecule has 84 valence electrons. The van der Waals surface area contributed by atoms with Crippen LogP contribution >= 0.6 is 0 Å². The van der Waals surface area contributed by atoms with Crippen LogP contribution in [-0.2, 0) is 17.8 Å². The normalized spacial score (nSPS) is 10.9. The molecule has 1 aromatic rings. The molecule has 0 atom stereocenters. The average molecular weight is 210 g/mol. The minimum Gasteiger partial charge on any atom is -0.481 e. The van der Waals surface area contributed by atoms with Gasteiger partial charge >= 0.3 is 5.97 Å². The smallest absolute Gasteiger partial charge is 0.309 e.